The normalized spacial score (nSPS) is 22.2. The zero-order chi connectivity index (χ0) is 26.6. The molecule has 4 unspecified atom stereocenters. The van der Waals surface area contributed by atoms with E-state index >= 15 is 0 Å². The Labute approximate surface area is 216 Å². The summed E-state index contributed by atoms with van der Waals surface area (Å²) >= 11 is 0. The lowest BCUT2D eigenvalue weighted by atomic mass is 9.68. The third kappa shape index (κ3) is 5.16. The fraction of sp³-hybridized carbons (Fsp3) is 0.444. The molecular weight excluding hydrogens is 470 g/mol. The molecule has 2 amide bonds. The summed E-state index contributed by atoms with van der Waals surface area (Å²) in [4.78, 5) is 32.4. The van der Waals surface area contributed by atoms with E-state index in [2.05, 4.69) is 27.6 Å². The predicted molar refractivity (Wildman–Crippen MR) is 142 cm³/mol. The van der Waals surface area contributed by atoms with Gasteiger partial charge in [-0.3, -0.25) is 14.9 Å². The smallest absolute Gasteiger partial charge is 0.257 e. The standard InChI is InChI=1S/C27H33N7O3/c1-17-5-9-21(10-6-17)25(36)31-26-30-23-12-8-20(15-37-4)13-24(23)34(26)22-11-7-18(2)27(14-22,32-33-28)19(3)29-16-35/h5-6,8-10,12-13,16,18-19,22H,7,11,14-15H2,1-4H3,(H,29,35)(H,30,31,36). The molecule has 0 saturated heterocycles. The van der Waals surface area contributed by atoms with Crippen molar-refractivity contribution in [3.8, 4) is 0 Å². The zero-order valence-electron chi connectivity index (χ0n) is 21.6. The van der Waals surface area contributed by atoms with E-state index in [0.29, 0.717) is 30.9 Å². The molecule has 0 spiro atoms. The number of hydrogen-bond donors (Lipinski definition) is 2. The second-order valence-corrected chi connectivity index (χ2v) is 9.90. The lowest BCUT2D eigenvalue weighted by Crippen LogP contribution is -2.54. The molecule has 1 aliphatic rings. The highest BCUT2D eigenvalue weighted by molar-refractivity contribution is 6.04. The number of carbonyl (C=O) groups is 2. The van der Waals surface area contributed by atoms with Crippen LogP contribution < -0.4 is 10.6 Å². The third-order valence-corrected chi connectivity index (χ3v) is 7.62. The van der Waals surface area contributed by atoms with Gasteiger partial charge < -0.3 is 14.6 Å². The van der Waals surface area contributed by atoms with E-state index in [4.69, 9.17) is 9.72 Å². The number of amides is 2. The van der Waals surface area contributed by atoms with Gasteiger partial charge in [-0.05, 0) is 74.4 Å². The van der Waals surface area contributed by atoms with Crippen LogP contribution in [0.15, 0.2) is 47.6 Å². The first-order valence-corrected chi connectivity index (χ1v) is 12.5. The largest absolute Gasteiger partial charge is 0.380 e. The summed E-state index contributed by atoms with van der Waals surface area (Å²) in [6.07, 6.45) is 2.70. The van der Waals surface area contributed by atoms with Crippen molar-refractivity contribution >= 4 is 29.3 Å². The summed E-state index contributed by atoms with van der Waals surface area (Å²) < 4.78 is 7.39. The molecule has 1 fully saturated rings. The molecule has 10 nitrogen and oxygen atoms in total. The fourth-order valence-electron chi connectivity index (χ4n) is 5.48. The van der Waals surface area contributed by atoms with Gasteiger partial charge in [0.2, 0.25) is 12.4 Å². The number of aryl methyl sites for hydroxylation is 1. The quantitative estimate of drug-likeness (QED) is 0.178. The molecule has 0 bridgehead atoms. The van der Waals surface area contributed by atoms with Crippen molar-refractivity contribution in [2.24, 2.45) is 11.0 Å². The number of aromatic nitrogens is 2. The number of hydrogen-bond acceptors (Lipinski definition) is 5. The number of imidazole rings is 1. The molecule has 2 aromatic carbocycles. The SMILES string of the molecule is COCc1ccc2nc(NC(=O)c3ccc(C)cc3)n(C3CCC(C)C(N=[N+]=[N-])(C(C)NC=O)C3)c2c1. The van der Waals surface area contributed by atoms with E-state index in [1.165, 1.54) is 0 Å². The Morgan fingerprint density at radius 3 is 2.76 bits per heavy atom. The van der Waals surface area contributed by atoms with E-state index in [0.717, 1.165) is 35.0 Å². The maximum atomic E-state index is 13.2. The average Bonchev–Trinajstić information content (AvgIpc) is 3.23. The van der Waals surface area contributed by atoms with Gasteiger partial charge in [0.1, 0.15) is 0 Å². The van der Waals surface area contributed by atoms with Gasteiger partial charge in [-0.1, -0.05) is 35.8 Å². The molecule has 1 aromatic heterocycles. The zero-order valence-corrected chi connectivity index (χ0v) is 21.6. The summed E-state index contributed by atoms with van der Waals surface area (Å²) in [7, 11) is 1.65. The van der Waals surface area contributed by atoms with Gasteiger partial charge in [-0.2, -0.15) is 0 Å². The first kappa shape index (κ1) is 26.2. The predicted octanol–water partition coefficient (Wildman–Crippen LogP) is 5.29. The highest BCUT2D eigenvalue weighted by atomic mass is 16.5. The summed E-state index contributed by atoms with van der Waals surface area (Å²) in [6, 6.07) is 12.8. The Morgan fingerprint density at radius 1 is 1.32 bits per heavy atom. The van der Waals surface area contributed by atoms with E-state index < -0.39 is 5.54 Å². The second kappa shape index (κ2) is 11.0. The van der Waals surface area contributed by atoms with E-state index in [1.54, 1.807) is 19.2 Å². The number of fused-ring (bicyclic) bond motifs is 1. The van der Waals surface area contributed by atoms with E-state index in [1.807, 2.05) is 48.7 Å². The number of benzene rings is 2. The number of anilines is 1. The van der Waals surface area contributed by atoms with Crippen LogP contribution in [0.25, 0.3) is 21.5 Å². The minimum absolute atomic E-state index is 0.0477. The highest BCUT2D eigenvalue weighted by Crippen LogP contribution is 2.46. The number of carbonyl (C=O) groups excluding carboxylic acids is 2. The van der Waals surface area contributed by atoms with Crippen LogP contribution in [-0.2, 0) is 16.1 Å². The average molecular weight is 504 g/mol. The molecule has 4 atom stereocenters. The van der Waals surface area contributed by atoms with Crippen LogP contribution in [0.3, 0.4) is 0 Å². The molecule has 0 radical (unpaired) electrons. The van der Waals surface area contributed by atoms with Crippen LogP contribution in [-0.4, -0.2) is 40.6 Å². The molecule has 194 valence electrons. The Bertz CT molecular complexity index is 1330. The summed E-state index contributed by atoms with van der Waals surface area (Å²) in [5, 5.41) is 10.1. The van der Waals surface area contributed by atoms with Gasteiger partial charge in [-0.15, -0.1) is 0 Å². The summed E-state index contributed by atoms with van der Waals surface area (Å²) in [5.74, 6) is 0.224. The maximum Gasteiger partial charge on any atom is 0.257 e. The van der Waals surface area contributed by atoms with Gasteiger partial charge in [0.25, 0.3) is 5.91 Å². The monoisotopic (exact) mass is 503 g/mol. The molecule has 3 aromatic rings. The van der Waals surface area contributed by atoms with Crippen LogP contribution >= 0.6 is 0 Å². The molecular formula is C27H33N7O3. The Hall–Kier alpha value is -3.88. The maximum absolute atomic E-state index is 13.2. The number of nitrogens with one attached hydrogen (secondary N) is 2. The molecule has 1 aliphatic carbocycles. The summed E-state index contributed by atoms with van der Waals surface area (Å²) in [5.41, 5.74) is 12.8. The van der Waals surface area contributed by atoms with Crippen molar-refractivity contribution < 1.29 is 14.3 Å². The van der Waals surface area contributed by atoms with Gasteiger partial charge in [0, 0.05) is 29.7 Å². The molecule has 0 aliphatic heterocycles. The van der Waals surface area contributed by atoms with Crippen molar-refractivity contribution in [3.63, 3.8) is 0 Å². The number of ether oxygens (including phenoxy) is 1. The van der Waals surface area contributed by atoms with Crippen molar-refractivity contribution in [2.45, 2.75) is 64.3 Å². The molecule has 4 rings (SSSR count). The molecule has 2 N–H and O–H groups in total. The molecule has 37 heavy (non-hydrogen) atoms. The number of methoxy groups -OCH3 is 1. The Balaban J connectivity index is 1.81. The first-order chi connectivity index (χ1) is 17.8. The number of azide groups is 1. The van der Waals surface area contributed by atoms with Crippen molar-refractivity contribution in [1.29, 1.82) is 0 Å². The van der Waals surface area contributed by atoms with Crippen LogP contribution in [0.5, 0.6) is 0 Å². The van der Waals surface area contributed by atoms with E-state index in [9.17, 15) is 15.1 Å². The van der Waals surface area contributed by atoms with E-state index in [-0.39, 0.29) is 23.9 Å². The van der Waals surface area contributed by atoms with Crippen molar-refractivity contribution in [1.82, 2.24) is 14.9 Å². The highest BCUT2D eigenvalue weighted by Gasteiger charge is 2.46. The van der Waals surface area contributed by atoms with Crippen molar-refractivity contribution in [2.75, 3.05) is 12.4 Å². The second-order valence-electron chi connectivity index (χ2n) is 9.90. The molecule has 1 heterocycles. The molecule has 1 saturated carbocycles. The summed E-state index contributed by atoms with van der Waals surface area (Å²) in [6.45, 7) is 6.33. The lowest BCUT2D eigenvalue weighted by Gasteiger charge is -2.46. The topological polar surface area (TPSA) is 134 Å². The molecule has 10 heteroatoms. The Morgan fingerprint density at radius 2 is 2.08 bits per heavy atom. The van der Waals surface area contributed by atoms with Gasteiger partial charge in [-0.25, -0.2) is 4.98 Å². The number of nitrogens with zero attached hydrogens (tertiary/aromatic N) is 5. The van der Waals surface area contributed by atoms with Gasteiger partial charge >= 0.3 is 0 Å². The van der Waals surface area contributed by atoms with Crippen LogP contribution in [0, 0.1) is 12.8 Å². The number of rotatable bonds is 9. The lowest BCUT2D eigenvalue weighted by molar-refractivity contribution is -0.110. The fourth-order valence-corrected chi connectivity index (χ4v) is 5.48. The van der Waals surface area contributed by atoms with Crippen LogP contribution in [0.4, 0.5) is 5.95 Å². The van der Waals surface area contributed by atoms with Crippen molar-refractivity contribution in [3.05, 3.63) is 69.6 Å². The minimum atomic E-state index is -0.836. The van der Waals surface area contributed by atoms with Gasteiger partial charge in [0.15, 0.2) is 0 Å². The Kier molecular flexibility index (Phi) is 7.80. The van der Waals surface area contributed by atoms with Crippen LogP contribution in [0.1, 0.15) is 60.6 Å². The van der Waals surface area contributed by atoms with Crippen LogP contribution in [0.2, 0.25) is 0 Å². The minimum Gasteiger partial charge on any atom is -0.380 e. The third-order valence-electron chi connectivity index (χ3n) is 7.62. The van der Waals surface area contributed by atoms with Gasteiger partial charge in [0.05, 0.1) is 23.2 Å². The first-order valence-electron chi connectivity index (χ1n) is 12.5.